The highest BCUT2D eigenvalue weighted by molar-refractivity contribution is 7.91. The van der Waals surface area contributed by atoms with E-state index in [1.165, 1.54) is 0 Å². The molecule has 0 unspecified atom stereocenters. The second-order valence-electron chi connectivity index (χ2n) is 8.25. The second kappa shape index (κ2) is 8.69. The standard InChI is InChI=1S/C20H31N3O4S/c1-16(2)13-23(17-7-12-28(26,27)15-17)20(25)14-21-8-10-22(11-9-21)18-5-3-4-6-19(18)24/h3-6,16-17,24H,7-15H2,1-2H3/t17-/m0/s1. The number of anilines is 1. The van der Waals surface area contributed by atoms with E-state index in [4.69, 9.17) is 0 Å². The van der Waals surface area contributed by atoms with Gasteiger partial charge in [0.1, 0.15) is 5.75 Å². The van der Waals surface area contributed by atoms with Gasteiger partial charge in [0.05, 0.1) is 23.7 Å². The summed E-state index contributed by atoms with van der Waals surface area (Å²) >= 11 is 0. The number of para-hydroxylation sites is 2. The molecule has 156 valence electrons. The Hall–Kier alpha value is -1.80. The average molecular weight is 410 g/mol. The summed E-state index contributed by atoms with van der Waals surface area (Å²) in [4.78, 5) is 19.0. The highest BCUT2D eigenvalue weighted by Crippen LogP contribution is 2.27. The van der Waals surface area contributed by atoms with E-state index in [0.717, 1.165) is 31.9 Å². The number of aromatic hydroxyl groups is 1. The van der Waals surface area contributed by atoms with E-state index in [1.54, 1.807) is 17.0 Å². The first-order valence-electron chi connectivity index (χ1n) is 10.0. The largest absolute Gasteiger partial charge is 0.506 e. The van der Waals surface area contributed by atoms with Gasteiger partial charge < -0.3 is 14.9 Å². The molecule has 0 bridgehead atoms. The van der Waals surface area contributed by atoms with Crippen molar-refractivity contribution in [3.63, 3.8) is 0 Å². The molecule has 1 atom stereocenters. The number of amides is 1. The first kappa shape index (κ1) is 20.9. The lowest BCUT2D eigenvalue weighted by Gasteiger charge is -2.38. The molecule has 2 saturated heterocycles. The topological polar surface area (TPSA) is 81.2 Å². The summed E-state index contributed by atoms with van der Waals surface area (Å²) in [6, 6.07) is 7.11. The van der Waals surface area contributed by atoms with Crippen LogP contribution in [-0.2, 0) is 14.6 Å². The van der Waals surface area contributed by atoms with Gasteiger partial charge in [0, 0.05) is 38.8 Å². The predicted octanol–water partition coefficient (Wildman–Crippen LogP) is 1.19. The van der Waals surface area contributed by atoms with Crippen LogP contribution in [0.2, 0.25) is 0 Å². The van der Waals surface area contributed by atoms with Crippen molar-refractivity contribution in [1.82, 2.24) is 9.80 Å². The summed E-state index contributed by atoms with van der Waals surface area (Å²) in [5.74, 6) is 0.861. The van der Waals surface area contributed by atoms with Crippen LogP contribution in [0, 0.1) is 5.92 Å². The number of hydrogen-bond acceptors (Lipinski definition) is 6. The monoisotopic (exact) mass is 409 g/mol. The van der Waals surface area contributed by atoms with Crippen LogP contribution in [0.15, 0.2) is 24.3 Å². The third-order valence-corrected chi connectivity index (χ3v) is 7.24. The minimum atomic E-state index is -3.02. The molecule has 0 radical (unpaired) electrons. The van der Waals surface area contributed by atoms with Crippen molar-refractivity contribution in [2.24, 2.45) is 5.92 Å². The van der Waals surface area contributed by atoms with Crippen LogP contribution in [-0.4, -0.2) is 86.0 Å². The zero-order valence-corrected chi connectivity index (χ0v) is 17.6. The third-order valence-electron chi connectivity index (χ3n) is 5.48. The van der Waals surface area contributed by atoms with Gasteiger partial charge in [-0.05, 0) is 24.5 Å². The lowest BCUT2D eigenvalue weighted by Crippen LogP contribution is -2.52. The highest BCUT2D eigenvalue weighted by Gasteiger charge is 2.35. The molecule has 1 aromatic carbocycles. The Labute approximate surface area is 167 Å². The van der Waals surface area contributed by atoms with Gasteiger partial charge in [-0.25, -0.2) is 8.42 Å². The molecule has 0 aromatic heterocycles. The van der Waals surface area contributed by atoms with Crippen molar-refractivity contribution in [2.45, 2.75) is 26.3 Å². The number of hydrogen-bond donors (Lipinski definition) is 1. The van der Waals surface area contributed by atoms with Crippen LogP contribution in [0.1, 0.15) is 20.3 Å². The molecule has 1 aromatic rings. The van der Waals surface area contributed by atoms with Crippen molar-refractivity contribution in [1.29, 1.82) is 0 Å². The van der Waals surface area contributed by atoms with Gasteiger partial charge in [-0.1, -0.05) is 26.0 Å². The Balaban J connectivity index is 1.58. The van der Waals surface area contributed by atoms with Crippen molar-refractivity contribution in [3.05, 3.63) is 24.3 Å². The second-order valence-corrected chi connectivity index (χ2v) is 10.5. The Kier molecular flexibility index (Phi) is 6.50. The number of nitrogens with zero attached hydrogens (tertiary/aromatic N) is 3. The van der Waals surface area contributed by atoms with Crippen LogP contribution in [0.3, 0.4) is 0 Å². The number of phenols is 1. The van der Waals surface area contributed by atoms with Crippen molar-refractivity contribution in [3.8, 4) is 5.75 Å². The molecular weight excluding hydrogens is 378 g/mol. The number of carbonyl (C=O) groups excluding carboxylic acids is 1. The van der Waals surface area contributed by atoms with Crippen LogP contribution in [0.25, 0.3) is 0 Å². The molecule has 0 aliphatic carbocycles. The minimum Gasteiger partial charge on any atom is -0.506 e. The maximum Gasteiger partial charge on any atom is 0.237 e. The zero-order valence-electron chi connectivity index (χ0n) is 16.7. The lowest BCUT2D eigenvalue weighted by atomic mass is 10.1. The Morgan fingerprint density at radius 2 is 1.89 bits per heavy atom. The molecule has 8 heteroatoms. The Morgan fingerprint density at radius 3 is 2.46 bits per heavy atom. The minimum absolute atomic E-state index is 0.0202. The SMILES string of the molecule is CC(C)CN(C(=O)CN1CCN(c2ccccc2O)CC1)[C@H]1CCS(=O)(=O)C1. The molecule has 1 amide bonds. The first-order valence-corrected chi connectivity index (χ1v) is 11.8. The van der Waals surface area contributed by atoms with E-state index in [1.807, 2.05) is 12.1 Å². The summed E-state index contributed by atoms with van der Waals surface area (Å²) in [7, 11) is -3.02. The molecule has 0 spiro atoms. The number of benzene rings is 1. The summed E-state index contributed by atoms with van der Waals surface area (Å²) in [6.07, 6.45) is 0.544. The molecule has 2 heterocycles. The fourth-order valence-corrected chi connectivity index (χ4v) is 5.76. The predicted molar refractivity (Wildman–Crippen MR) is 110 cm³/mol. The summed E-state index contributed by atoms with van der Waals surface area (Å²) in [5.41, 5.74) is 0.825. The van der Waals surface area contributed by atoms with E-state index in [2.05, 4.69) is 23.6 Å². The van der Waals surface area contributed by atoms with Gasteiger partial charge in [-0.15, -0.1) is 0 Å². The van der Waals surface area contributed by atoms with Gasteiger partial charge in [-0.2, -0.15) is 0 Å². The van der Waals surface area contributed by atoms with Crippen LogP contribution in [0.4, 0.5) is 5.69 Å². The molecule has 0 saturated carbocycles. The van der Waals surface area contributed by atoms with Crippen LogP contribution < -0.4 is 4.90 Å². The lowest BCUT2D eigenvalue weighted by molar-refractivity contribution is -0.135. The molecule has 3 rings (SSSR count). The van der Waals surface area contributed by atoms with Crippen molar-refractivity contribution < 1.29 is 18.3 Å². The molecule has 2 aliphatic rings. The van der Waals surface area contributed by atoms with Gasteiger partial charge in [0.15, 0.2) is 9.84 Å². The molecule has 28 heavy (non-hydrogen) atoms. The smallest absolute Gasteiger partial charge is 0.237 e. The van der Waals surface area contributed by atoms with E-state index >= 15 is 0 Å². The van der Waals surface area contributed by atoms with E-state index in [0.29, 0.717) is 25.4 Å². The maximum atomic E-state index is 13.0. The Bertz CT molecular complexity index is 788. The van der Waals surface area contributed by atoms with Crippen molar-refractivity contribution >= 4 is 21.4 Å². The fraction of sp³-hybridized carbons (Fsp3) is 0.650. The fourth-order valence-electron chi connectivity index (χ4n) is 4.03. The number of phenolic OH excluding ortho intramolecular Hbond substituents is 1. The van der Waals surface area contributed by atoms with Crippen molar-refractivity contribution in [2.75, 3.05) is 55.7 Å². The number of carbonyl (C=O) groups is 1. The quantitative estimate of drug-likeness (QED) is 0.760. The van der Waals surface area contributed by atoms with Gasteiger partial charge in [-0.3, -0.25) is 9.69 Å². The van der Waals surface area contributed by atoms with Gasteiger partial charge in [0.2, 0.25) is 5.91 Å². The maximum absolute atomic E-state index is 13.0. The van der Waals surface area contributed by atoms with E-state index in [9.17, 15) is 18.3 Å². The third kappa shape index (κ3) is 5.17. The number of piperazine rings is 1. The van der Waals surface area contributed by atoms with Crippen LogP contribution >= 0.6 is 0 Å². The molecular formula is C20H31N3O4S. The molecule has 1 N–H and O–H groups in total. The number of sulfone groups is 1. The number of rotatable bonds is 6. The Morgan fingerprint density at radius 1 is 1.21 bits per heavy atom. The average Bonchev–Trinajstić information content (AvgIpc) is 3.00. The zero-order chi connectivity index (χ0) is 20.3. The summed E-state index contributed by atoms with van der Waals surface area (Å²) in [5, 5.41) is 10.0. The highest BCUT2D eigenvalue weighted by atomic mass is 32.2. The molecule has 7 nitrogen and oxygen atoms in total. The summed E-state index contributed by atoms with van der Waals surface area (Å²) in [6.45, 7) is 7.97. The molecule has 2 fully saturated rings. The van der Waals surface area contributed by atoms with E-state index < -0.39 is 9.84 Å². The van der Waals surface area contributed by atoms with Crippen LogP contribution in [0.5, 0.6) is 5.75 Å². The summed E-state index contributed by atoms with van der Waals surface area (Å²) < 4.78 is 23.7. The van der Waals surface area contributed by atoms with Gasteiger partial charge >= 0.3 is 0 Å². The molecule has 2 aliphatic heterocycles. The van der Waals surface area contributed by atoms with E-state index in [-0.39, 0.29) is 29.2 Å². The normalized spacial score (nSPS) is 22.5. The van der Waals surface area contributed by atoms with Gasteiger partial charge in [0.25, 0.3) is 0 Å². The first-order chi connectivity index (χ1) is 13.2.